The topological polar surface area (TPSA) is 23.5 Å². The second kappa shape index (κ2) is 5.69. The molecule has 0 bridgehead atoms. The van der Waals surface area contributed by atoms with Gasteiger partial charge >= 0.3 is 0 Å². The van der Waals surface area contributed by atoms with Crippen LogP contribution >= 0.6 is 0 Å². The van der Waals surface area contributed by atoms with Gasteiger partial charge in [-0.3, -0.25) is 4.90 Å². The van der Waals surface area contributed by atoms with Crippen LogP contribution in [0.15, 0.2) is 30.3 Å². The van der Waals surface area contributed by atoms with Crippen molar-refractivity contribution in [3.63, 3.8) is 0 Å². The van der Waals surface area contributed by atoms with E-state index in [9.17, 15) is 5.11 Å². The van der Waals surface area contributed by atoms with Crippen LogP contribution in [0.4, 0.5) is 0 Å². The van der Waals surface area contributed by atoms with E-state index in [1.807, 2.05) is 30.3 Å². The summed E-state index contributed by atoms with van der Waals surface area (Å²) in [6.45, 7) is 2.58. The van der Waals surface area contributed by atoms with Crippen LogP contribution < -0.4 is 0 Å². The van der Waals surface area contributed by atoms with Crippen molar-refractivity contribution in [3.05, 3.63) is 35.9 Å². The molecule has 2 rings (SSSR count). The number of rotatable bonds is 1. The average molecular weight is 215 g/mol. The third kappa shape index (κ3) is 3.37. The van der Waals surface area contributed by atoms with E-state index < -0.39 is 0 Å². The van der Waals surface area contributed by atoms with Crippen molar-refractivity contribution in [3.8, 4) is 11.8 Å². The van der Waals surface area contributed by atoms with E-state index in [2.05, 4.69) is 16.7 Å². The fourth-order valence-corrected chi connectivity index (χ4v) is 1.95. The molecule has 0 amide bonds. The molecule has 1 N–H and O–H groups in total. The molecule has 1 aliphatic rings. The van der Waals surface area contributed by atoms with Crippen LogP contribution in [0.5, 0.6) is 0 Å². The van der Waals surface area contributed by atoms with Crippen molar-refractivity contribution in [2.24, 2.45) is 0 Å². The smallest absolute Gasteiger partial charge is 0.0668 e. The molecular weight excluding hydrogens is 198 g/mol. The Labute approximate surface area is 96.9 Å². The van der Waals surface area contributed by atoms with Gasteiger partial charge in [0.2, 0.25) is 0 Å². The molecule has 1 aromatic carbocycles. The molecular formula is C14H17NO. The van der Waals surface area contributed by atoms with Gasteiger partial charge in [0.25, 0.3) is 0 Å². The molecule has 2 nitrogen and oxygen atoms in total. The van der Waals surface area contributed by atoms with Crippen LogP contribution in [-0.4, -0.2) is 35.7 Å². The normalized spacial score (nSPS) is 21.2. The summed E-state index contributed by atoms with van der Waals surface area (Å²) in [5.74, 6) is 6.29. The minimum atomic E-state index is -0.160. The summed E-state index contributed by atoms with van der Waals surface area (Å²) < 4.78 is 0. The van der Waals surface area contributed by atoms with E-state index in [-0.39, 0.29) is 6.10 Å². The first kappa shape index (κ1) is 11.2. The van der Waals surface area contributed by atoms with E-state index in [0.717, 1.165) is 38.0 Å². The average Bonchev–Trinajstić information content (AvgIpc) is 2.30. The summed E-state index contributed by atoms with van der Waals surface area (Å²) in [4.78, 5) is 2.21. The summed E-state index contributed by atoms with van der Waals surface area (Å²) in [5.41, 5.74) is 1.06. The highest BCUT2D eigenvalue weighted by molar-refractivity contribution is 5.33. The van der Waals surface area contributed by atoms with E-state index >= 15 is 0 Å². The van der Waals surface area contributed by atoms with Crippen LogP contribution in [0.25, 0.3) is 0 Å². The fraction of sp³-hybridized carbons (Fsp3) is 0.429. The second-order valence-corrected chi connectivity index (χ2v) is 4.20. The SMILES string of the molecule is O[C@H]1CCCN(CC#Cc2ccccc2)C1. The van der Waals surface area contributed by atoms with Crippen molar-refractivity contribution >= 4 is 0 Å². The lowest BCUT2D eigenvalue weighted by Crippen LogP contribution is -2.38. The van der Waals surface area contributed by atoms with E-state index in [4.69, 9.17) is 0 Å². The standard InChI is InChI=1S/C14H17NO/c16-14-9-5-11-15(12-14)10-4-8-13-6-2-1-3-7-13/h1-3,6-7,14,16H,5,9-12H2/t14-/m0/s1. The number of aliphatic hydroxyl groups excluding tert-OH is 1. The number of benzene rings is 1. The zero-order valence-corrected chi connectivity index (χ0v) is 9.39. The van der Waals surface area contributed by atoms with Crippen molar-refractivity contribution in [2.75, 3.05) is 19.6 Å². The zero-order valence-electron chi connectivity index (χ0n) is 9.39. The van der Waals surface area contributed by atoms with Gasteiger partial charge in [-0.2, -0.15) is 0 Å². The number of hydrogen-bond acceptors (Lipinski definition) is 2. The minimum Gasteiger partial charge on any atom is -0.392 e. The molecule has 84 valence electrons. The highest BCUT2D eigenvalue weighted by atomic mass is 16.3. The van der Waals surface area contributed by atoms with E-state index in [1.165, 1.54) is 0 Å². The van der Waals surface area contributed by atoms with E-state index in [1.54, 1.807) is 0 Å². The predicted molar refractivity (Wildman–Crippen MR) is 65.0 cm³/mol. The second-order valence-electron chi connectivity index (χ2n) is 4.20. The third-order valence-corrected chi connectivity index (χ3v) is 2.79. The van der Waals surface area contributed by atoms with Gasteiger partial charge in [-0.15, -0.1) is 0 Å². The summed E-state index contributed by atoms with van der Waals surface area (Å²) in [7, 11) is 0. The van der Waals surface area contributed by atoms with Crippen molar-refractivity contribution in [1.29, 1.82) is 0 Å². The molecule has 1 saturated heterocycles. The molecule has 0 aromatic heterocycles. The quantitative estimate of drug-likeness (QED) is 0.718. The lowest BCUT2D eigenvalue weighted by molar-refractivity contribution is 0.0781. The molecule has 0 unspecified atom stereocenters. The van der Waals surface area contributed by atoms with Crippen LogP contribution in [0.1, 0.15) is 18.4 Å². The first-order valence-electron chi connectivity index (χ1n) is 5.79. The van der Waals surface area contributed by atoms with Crippen LogP contribution in [-0.2, 0) is 0 Å². The van der Waals surface area contributed by atoms with Gasteiger partial charge in [-0.1, -0.05) is 30.0 Å². The number of nitrogens with zero attached hydrogens (tertiary/aromatic N) is 1. The maximum absolute atomic E-state index is 9.51. The Morgan fingerprint density at radius 2 is 2.12 bits per heavy atom. The first-order valence-corrected chi connectivity index (χ1v) is 5.79. The molecule has 2 heteroatoms. The van der Waals surface area contributed by atoms with Crippen molar-refractivity contribution in [2.45, 2.75) is 18.9 Å². The Kier molecular flexibility index (Phi) is 3.98. The Balaban J connectivity index is 1.85. The third-order valence-electron chi connectivity index (χ3n) is 2.79. The Bertz CT molecular complexity index is 377. The van der Waals surface area contributed by atoms with Crippen LogP contribution in [0.3, 0.4) is 0 Å². The highest BCUT2D eigenvalue weighted by Gasteiger charge is 2.15. The Morgan fingerprint density at radius 1 is 1.31 bits per heavy atom. The molecule has 0 spiro atoms. The van der Waals surface area contributed by atoms with Gasteiger partial charge in [-0.25, -0.2) is 0 Å². The lowest BCUT2D eigenvalue weighted by atomic mass is 10.1. The zero-order chi connectivity index (χ0) is 11.2. The van der Waals surface area contributed by atoms with Gasteiger partial charge in [0.15, 0.2) is 0 Å². The summed E-state index contributed by atoms with van der Waals surface area (Å²) >= 11 is 0. The van der Waals surface area contributed by atoms with Gasteiger partial charge in [0.1, 0.15) is 0 Å². The fourth-order valence-electron chi connectivity index (χ4n) is 1.95. The number of β-amino-alcohol motifs (C(OH)–C–C–N with tert-alkyl or cyclic N) is 1. The summed E-state index contributed by atoms with van der Waals surface area (Å²) in [5, 5.41) is 9.51. The van der Waals surface area contributed by atoms with Gasteiger partial charge in [0.05, 0.1) is 12.6 Å². The molecule has 0 saturated carbocycles. The number of likely N-dealkylation sites (tertiary alicyclic amines) is 1. The van der Waals surface area contributed by atoms with Gasteiger partial charge in [0, 0.05) is 12.1 Å². The van der Waals surface area contributed by atoms with Gasteiger partial charge in [-0.05, 0) is 31.5 Å². The molecule has 1 atom stereocenters. The van der Waals surface area contributed by atoms with E-state index in [0.29, 0.717) is 0 Å². The maximum Gasteiger partial charge on any atom is 0.0668 e. The largest absolute Gasteiger partial charge is 0.392 e. The predicted octanol–water partition coefficient (Wildman–Crippen LogP) is 1.49. The lowest BCUT2D eigenvalue weighted by Gasteiger charge is -2.28. The number of aliphatic hydroxyl groups is 1. The molecule has 1 heterocycles. The minimum absolute atomic E-state index is 0.160. The molecule has 0 radical (unpaired) electrons. The maximum atomic E-state index is 9.51. The molecule has 1 fully saturated rings. The van der Waals surface area contributed by atoms with Crippen LogP contribution in [0, 0.1) is 11.8 Å². The summed E-state index contributed by atoms with van der Waals surface area (Å²) in [6, 6.07) is 10.0. The Hall–Kier alpha value is -1.30. The number of hydrogen-bond donors (Lipinski definition) is 1. The highest BCUT2D eigenvalue weighted by Crippen LogP contribution is 2.08. The molecule has 1 aromatic rings. The molecule has 0 aliphatic carbocycles. The van der Waals surface area contributed by atoms with Crippen molar-refractivity contribution < 1.29 is 5.11 Å². The van der Waals surface area contributed by atoms with Crippen molar-refractivity contribution in [1.82, 2.24) is 4.90 Å². The summed E-state index contributed by atoms with van der Waals surface area (Å²) in [6.07, 6.45) is 1.85. The molecule has 16 heavy (non-hydrogen) atoms. The van der Waals surface area contributed by atoms with Crippen LogP contribution in [0.2, 0.25) is 0 Å². The monoisotopic (exact) mass is 215 g/mol. The molecule has 1 aliphatic heterocycles. The Morgan fingerprint density at radius 3 is 2.88 bits per heavy atom. The van der Waals surface area contributed by atoms with Gasteiger partial charge < -0.3 is 5.11 Å². The first-order chi connectivity index (χ1) is 7.84. The number of piperidine rings is 1.